The molecule has 0 radical (unpaired) electrons. The average Bonchev–Trinajstić information content (AvgIpc) is 3.12. The van der Waals surface area contributed by atoms with E-state index in [1.807, 2.05) is 13.0 Å². The van der Waals surface area contributed by atoms with Gasteiger partial charge in [-0.3, -0.25) is 4.79 Å². The van der Waals surface area contributed by atoms with Crippen molar-refractivity contribution in [2.45, 2.75) is 25.4 Å². The summed E-state index contributed by atoms with van der Waals surface area (Å²) in [6.45, 7) is 2.84. The highest BCUT2D eigenvalue weighted by Gasteiger charge is 2.53. The number of β-amino-alcohol motifs (C(OH)–C–C–N with tert-alkyl or cyclic N) is 1. The lowest BCUT2D eigenvalue weighted by Gasteiger charge is -2.47. The first-order chi connectivity index (χ1) is 8.49. The second kappa shape index (κ2) is 3.72. The summed E-state index contributed by atoms with van der Waals surface area (Å²) >= 11 is 0. The Morgan fingerprint density at radius 2 is 2.11 bits per heavy atom. The molecule has 4 nitrogen and oxygen atoms in total. The molecule has 1 aliphatic carbocycles. The van der Waals surface area contributed by atoms with Crippen molar-refractivity contribution >= 4 is 11.6 Å². The number of nitrogens with two attached hydrogens (primary N) is 1. The third-order valence-corrected chi connectivity index (χ3v) is 4.07. The molecule has 0 atom stereocenters. The number of nitrogen functional groups attached to an aromatic ring is 1. The first-order valence-electron chi connectivity index (χ1n) is 6.37. The van der Waals surface area contributed by atoms with Crippen LogP contribution in [0, 0.1) is 12.8 Å². The van der Waals surface area contributed by atoms with Gasteiger partial charge in [-0.2, -0.15) is 0 Å². The van der Waals surface area contributed by atoms with E-state index in [1.165, 1.54) is 0 Å². The third kappa shape index (κ3) is 1.77. The number of hydrogen-bond donors (Lipinski definition) is 2. The van der Waals surface area contributed by atoms with Gasteiger partial charge in [0.25, 0.3) is 5.91 Å². The second-order valence-electron chi connectivity index (χ2n) is 5.61. The maximum absolute atomic E-state index is 12.2. The molecule has 3 N–H and O–H groups in total. The average molecular weight is 246 g/mol. The summed E-state index contributed by atoms with van der Waals surface area (Å²) in [7, 11) is 0. The van der Waals surface area contributed by atoms with Crippen LogP contribution >= 0.6 is 0 Å². The Balaban J connectivity index is 1.70. The zero-order valence-electron chi connectivity index (χ0n) is 10.5. The van der Waals surface area contributed by atoms with Crippen LogP contribution in [-0.4, -0.2) is 34.6 Å². The molecule has 1 amide bonds. The van der Waals surface area contributed by atoms with Crippen LogP contribution in [0.2, 0.25) is 0 Å². The lowest BCUT2D eigenvalue weighted by atomic mass is 9.88. The molecule has 0 spiro atoms. The van der Waals surface area contributed by atoms with Gasteiger partial charge >= 0.3 is 0 Å². The van der Waals surface area contributed by atoms with Crippen LogP contribution in [0.5, 0.6) is 0 Å². The van der Waals surface area contributed by atoms with E-state index in [2.05, 4.69) is 0 Å². The number of benzene rings is 1. The van der Waals surface area contributed by atoms with E-state index >= 15 is 0 Å². The molecule has 0 unspecified atom stereocenters. The summed E-state index contributed by atoms with van der Waals surface area (Å²) in [5.74, 6) is 0.401. The number of likely N-dealkylation sites (tertiary alicyclic amines) is 1. The maximum atomic E-state index is 12.2. The van der Waals surface area contributed by atoms with E-state index in [0.717, 1.165) is 18.4 Å². The van der Waals surface area contributed by atoms with Crippen molar-refractivity contribution in [2.75, 3.05) is 18.8 Å². The molecule has 4 heteroatoms. The first kappa shape index (κ1) is 11.5. The second-order valence-corrected chi connectivity index (χ2v) is 5.61. The fraction of sp³-hybridized carbons (Fsp3) is 0.500. The number of rotatable bonds is 2. The van der Waals surface area contributed by atoms with Crippen molar-refractivity contribution in [1.29, 1.82) is 0 Å². The minimum absolute atomic E-state index is 0.0107. The standard InChI is InChI=1S/C14H18N2O2/c1-9-6-10(2-5-12(9)15)13(17)16-7-14(18,8-16)11-3-4-11/h2,5-6,11,18H,3-4,7-8,15H2,1H3. The third-order valence-electron chi connectivity index (χ3n) is 4.07. The van der Waals surface area contributed by atoms with Crippen LogP contribution in [0.3, 0.4) is 0 Å². The summed E-state index contributed by atoms with van der Waals surface area (Å²) in [4.78, 5) is 13.9. The van der Waals surface area contributed by atoms with E-state index in [9.17, 15) is 9.90 Å². The van der Waals surface area contributed by atoms with Crippen molar-refractivity contribution in [2.24, 2.45) is 5.92 Å². The van der Waals surface area contributed by atoms with Crippen LogP contribution in [0.4, 0.5) is 5.69 Å². The van der Waals surface area contributed by atoms with Crippen molar-refractivity contribution in [3.05, 3.63) is 29.3 Å². The SMILES string of the molecule is Cc1cc(C(=O)N2CC(O)(C3CC3)C2)ccc1N. The molecule has 0 bridgehead atoms. The Morgan fingerprint density at radius 1 is 1.44 bits per heavy atom. The Bertz CT molecular complexity index is 503. The molecule has 2 fully saturated rings. The van der Waals surface area contributed by atoms with Gasteiger partial charge in [-0.05, 0) is 49.4 Å². The highest BCUT2D eigenvalue weighted by molar-refractivity contribution is 5.95. The van der Waals surface area contributed by atoms with Crippen molar-refractivity contribution in [1.82, 2.24) is 4.90 Å². The van der Waals surface area contributed by atoms with Gasteiger partial charge in [0, 0.05) is 11.3 Å². The first-order valence-corrected chi connectivity index (χ1v) is 6.37. The van der Waals surface area contributed by atoms with Gasteiger partial charge in [-0.25, -0.2) is 0 Å². The maximum Gasteiger partial charge on any atom is 0.254 e. The van der Waals surface area contributed by atoms with Crippen molar-refractivity contribution < 1.29 is 9.90 Å². The van der Waals surface area contributed by atoms with Crippen LogP contribution in [0.1, 0.15) is 28.8 Å². The number of amides is 1. The van der Waals surface area contributed by atoms with Gasteiger partial charge in [0.15, 0.2) is 0 Å². The van der Waals surface area contributed by atoms with Crippen LogP contribution < -0.4 is 5.73 Å². The molecule has 1 aromatic carbocycles. The van der Waals surface area contributed by atoms with Gasteiger partial charge in [-0.15, -0.1) is 0 Å². The Kier molecular flexibility index (Phi) is 2.38. The molecule has 18 heavy (non-hydrogen) atoms. The zero-order valence-corrected chi connectivity index (χ0v) is 10.5. The summed E-state index contributed by atoms with van der Waals surface area (Å²) in [5.41, 5.74) is 7.39. The fourth-order valence-corrected chi connectivity index (χ4v) is 2.63. The minimum atomic E-state index is -0.613. The Morgan fingerprint density at radius 3 is 2.67 bits per heavy atom. The van der Waals surface area contributed by atoms with E-state index in [0.29, 0.717) is 30.3 Å². The van der Waals surface area contributed by atoms with E-state index in [-0.39, 0.29) is 5.91 Å². The van der Waals surface area contributed by atoms with Crippen LogP contribution in [0.25, 0.3) is 0 Å². The Labute approximate surface area is 106 Å². The van der Waals surface area contributed by atoms with Gasteiger partial charge < -0.3 is 15.7 Å². The normalized spacial score (nSPS) is 21.6. The lowest BCUT2D eigenvalue weighted by Crippen LogP contribution is -2.64. The molecule has 1 saturated heterocycles. The highest BCUT2D eigenvalue weighted by Crippen LogP contribution is 2.44. The largest absolute Gasteiger partial charge is 0.399 e. The molecule has 2 aliphatic rings. The molecular weight excluding hydrogens is 228 g/mol. The Hall–Kier alpha value is -1.55. The molecule has 1 saturated carbocycles. The number of anilines is 1. The number of carbonyl (C=O) groups excluding carboxylic acids is 1. The number of hydrogen-bond acceptors (Lipinski definition) is 3. The van der Waals surface area contributed by atoms with Gasteiger partial charge in [0.05, 0.1) is 13.1 Å². The van der Waals surface area contributed by atoms with Crippen molar-refractivity contribution in [3.8, 4) is 0 Å². The van der Waals surface area contributed by atoms with Gasteiger partial charge in [-0.1, -0.05) is 0 Å². The monoisotopic (exact) mass is 246 g/mol. The predicted molar refractivity (Wildman–Crippen MR) is 69.2 cm³/mol. The molecule has 96 valence electrons. The highest BCUT2D eigenvalue weighted by atomic mass is 16.3. The minimum Gasteiger partial charge on any atom is -0.399 e. The number of aryl methyl sites for hydroxylation is 1. The quantitative estimate of drug-likeness (QED) is 0.770. The molecule has 1 aromatic rings. The molecule has 1 heterocycles. The molecule has 1 aliphatic heterocycles. The molecule has 0 aromatic heterocycles. The zero-order chi connectivity index (χ0) is 12.9. The summed E-state index contributed by atoms with van der Waals surface area (Å²) in [5, 5.41) is 10.2. The van der Waals surface area contributed by atoms with Gasteiger partial charge in [0.2, 0.25) is 0 Å². The van der Waals surface area contributed by atoms with Crippen LogP contribution in [0.15, 0.2) is 18.2 Å². The summed E-state index contributed by atoms with van der Waals surface area (Å²) in [6.07, 6.45) is 2.19. The topological polar surface area (TPSA) is 66.6 Å². The van der Waals surface area contributed by atoms with Crippen LogP contribution in [-0.2, 0) is 0 Å². The predicted octanol–water partition coefficient (Wildman–Crippen LogP) is 1.17. The smallest absolute Gasteiger partial charge is 0.254 e. The van der Waals surface area contributed by atoms with E-state index < -0.39 is 5.60 Å². The fourth-order valence-electron chi connectivity index (χ4n) is 2.63. The van der Waals surface area contributed by atoms with E-state index in [4.69, 9.17) is 5.73 Å². The number of aliphatic hydroxyl groups is 1. The summed E-state index contributed by atoms with van der Waals surface area (Å²) in [6, 6.07) is 5.32. The lowest BCUT2D eigenvalue weighted by molar-refractivity contribution is -0.0958. The molecular formula is C14H18N2O2. The van der Waals surface area contributed by atoms with E-state index in [1.54, 1.807) is 17.0 Å². The van der Waals surface area contributed by atoms with Crippen molar-refractivity contribution in [3.63, 3.8) is 0 Å². The van der Waals surface area contributed by atoms with Gasteiger partial charge in [0.1, 0.15) is 5.60 Å². The number of carbonyl (C=O) groups is 1. The number of nitrogens with zero attached hydrogens (tertiary/aromatic N) is 1. The molecule has 3 rings (SSSR count). The summed E-state index contributed by atoms with van der Waals surface area (Å²) < 4.78 is 0.